The zero-order chi connectivity index (χ0) is 27.2. The summed E-state index contributed by atoms with van der Waals surface area (Å²) >= 11 is 0. The number of nitrogens with zero attached hydrogens (tertiary/aromatic N) is 1. The number of ether oxygens (including phenoxy) is 1. The number of fused-ring (bicyclic) bond motifs is 3. The van der Waals surface area contributed by atoms with Crippen molar-refractivity contribution < 1.29 is 34.1 Å². The summed E-state index contributed by atoms with van der Waals surface area (Å²) in [6.07, 6.45) is 1.27. The Bertz CT molecular complexity index is 1420. The van der Waals surface area contributed by atoms with Crippen LogP contribution >= 0.6 is 0 Å². The van der Waals surface area contributed by atoms with Crippen LogP contribution in [0.2, 0.25) is 0 Å². The smallest absolute Gasteiger partial charge is 0.228 e. The summed E-state index contributed by atoms with van der Waals surface area (Å²) in [7, 11) is 1.67. The molecule has 1 aliphatic carbocycles. The molecule has 1 atom stereocenters. The van der Waals surface area contributed by atoms with Gasteiger partial charge in [-0.05, 0) is 39.8 Å². The summed E-state index contributed by atoms with van der Waals surface area (Å²) in [6, 6.07) is 9.16. The number of nitrogens with one attached hydrogen (secondary N) is 1. The maximum Gasteiger partial charge on any atom is 0.228 e. The van der Waals surface area contributed by atoms with Gasteiger partial charge in [0.15, 0.2) is 17.3 Å². The average Bonchev–Trinajstić information content (AvgIpc) is 3.15. The molecule has 2 aromatic rings. The van der Waals surface area contributed by atoms with Crippen molar-refractivity contribution in [2.24, 2.45) is 0 Å². The zero-order valence-electron chi connectivity index (χ0n) is 21.3. The van der Waals surface area contributed by atoms with Gasteiger partial charge in [-0.25, -0.2) is 0 Å². The van der Waals surface area contributed by atoms with E-state index in [0.717, 1.165) is 11.8 Å². The van der Waals surface area contributed by atoms with Gasteiger partial charge in [0.25, 0.3) is 0 Å². The average molecular weight is 505 g/mol. The summed E-state index contributed by atoms with van der Waals surface area (Å²) in [5, 5.41) is 24.3. The number of phenols is 2. The molecule has 4 rings (SSSR count). The molecule has 1 amide bonds. The molecule has 0 radical (unpaired) electrons. The Morgan fingerprint density at radius 3 is 2.35 bits per heavy atom. The van der Waals surface area contributed by atoms with E-state index in [9.17, 15) is 29.4 Å². The van der Waals surface area contributed by atoms with Crippen LogP contribution in [0.3, 0.4) is 0 Å². The summed E-state index contributed by atoms with van der Waals surface area (Å²) in [6.45, 7) is 5.91. The molecule has 9 heteroatoms. The number of amides is 1. The monoisotopic (exact) mass is 504 g/mol. The molecular weight excluding hydrogens is 476 g/mol. The maximum absolute atomic E-state index is 13.8. The van der Waals surface area contributed by atoms with Crippen molar-refractivity contribution in [1.29, 1.82) is 0 Å². The van der Waals surface area contributed by atoms with E-state index in [1.165, 1.54) is 25.7 Å². The van der Waals surface area contributed by atoms with Gasteiger partial charge in [-0.1, -0.05) is 18.2 Å². The van der Waals surface area contributed by atoms with Gasteiger partial charge in [-0.15, -0.1) is 0 Å². The molecule has 1 heterocycles. The van der Waals surface area contributed by atoms with Crippen LogP contribution in [-0.4, -0.2) is 47.1 Å². The van der Waals surface area contributed by atoms with Crippen LogP contribution in [0.15, 0.2) is 53.4 Å². The van der Waals surface area contributed by atoms with Crippen LogP contribution in [-0.2, 0) is 19.8 Å². The molecule has 0 unspecified atom stereocenters. The lowest BCUT2D eigenvalue weighted by atomic mass is 9.70. The fraction of sp³-hybridized carbons (Fsp3) is 0.286. The molecule has 192 valence electrons. The van der Waals surface area contributed by atoms with E-state index < -0.39 is 28.5 Å². The third-order valence-electron chi connectivity index (χ3n) is 7.01. The van der Waals surface area contributed by atoms with Crippen LogP contribution in [0, 0.1) is 6.92 Å². The van der Waals surface area contributed by atoms with Gasteiger partial charge in [0.2, 0.25) is 5.91 Å². The Labute approximate surface area is 214 Å². The van der Waals surface area contributed by atoms with Crippen LogP contribution < -0.4 is 15.0 Å². The highest BCUT2D eigenvalue weighted by atomic mass is 16.5. The molecule has 2 aliphatic rings. The van der Waals surface area contributed by atoms with Crippen molar-refractivity contribution in [3.8, 4) is 17.2 Å². The molecule has 37 heavy (non-hydrogen) atoms. The van der Waals surface area contributed by atoms with Crippen molar-refractivity contribution in [2.45, 2.75) is 39.5 Å². The number of Topliss-reactive ketones (excluding diaryl/α,β-unsaturated/α-hetero) is 2. The summed E-state index contributed by atoms with van der Waals surface area (Å²) in [4.78, 5) is 53.2. The normalized spacial score (nSPS) is 19.4. The van der Waals surface area contributed by atoms with E-state index in [2.05, 4.69) is 5.32 Å². The molecule has 9 nitrogen and oxygen atoms in total. The lowest BCUT2D eigenvalue weighted by molar-refractivity contribution is -0.123. The van der Waals surface area contributed by atoms with E-state index in [-0.39, 0.29) is 64.1 Å². The summed E-state index contributed by atoms with van der Waals surface area (Å²) in [5.74, 6) is -2.89. The van der Waals surface area contributed by atoms with Gasteiger partial charge in [0, 0.05) is 43.0 Å². The number of aromatic hydroxyl groups is 2. The van der Waals surface area contributed by atoms with Crippen molar-refractivity contribution in [3.63, 3.8) is 0 Å². The summed E-state index contributed by atoms with van der Waals surface area (Å²) < 4.78 is 5.76. The molecule has 2 aromatic carbocycles. The molecule has 0 saturated heterocycles. The first kappa shape index (κ1) is 25.7. The Balaban J connectivity index is 1.64. The van der Waals surface area contributed by atoms with Gasteiger partial charge in [-0.2, -0.15) is 0 Å². The molecule has 0 fully saturated rings. The molecular formula is C28H28N2O7. The Morgan fingerprint density at radius 2 is 1.73 bits per heavy atom. The number of carbonyl (C=O) groups excluding carboxylic acids is 4. The first-order chi connectivity index (χ1) is 17.4. The van der Waals surface area contributed by atoms with Gasteiger partial charge >= 0.3 is 0 Å². The number of allylic oxidation sites excluding steroid dienone is 4. The summed E-state index contributed by atoms with van der Waals surface area (Å²) in [5.41, 5.74) is -0.807. The van der Waals surface area contributed by atoms with E-state index in [1.807, 2.05) is 30.3 Å². The van der Waals surface area contributed by atoms with Crippen LogP contribution in [0.5, 0.6) is 17.2 Å². The number of hydrogen-bond donors (Lipinski definition) is 3. The molecule has 0 spiro atoms. The minimum atomic E-state index is -1.59. The number of benzene rings is 2. The Kier molecular flexibility index (Phi) is 6.41. The standard InChI is InChI=1S/C28H28N2O7/c1-14-24(34)22(16(3)31)26-23(25(14)35)28(4)19(37-26)13-18(32)21(27(28)36)15(2)29-12-11-20(33)30(5)17-9-7-6-8-10-17/h6-10,13,29,34-35H,11-12H2,1-5H3/b21-15+/t28-/m1/s1. The number of phenolic OH excluding ortho intramolecular Hbond substituents is 2. The van der Waals surface area contributed by atoms with Gasteiger partial charge in [-0.3, -0.25) is 19.2 Å². The zero-order valence-corrected chi connectivity index (χ0v) is 21.3. The molecule has 3 N–H and O–H groups in total. The topological polar surface area (TPSA) is 133 Å². The predicted molar refractivity (Wildman–Crippen MR) is 136 cm³/mol. The molecule has 0 aromatic heterocycles. The largest absolute Gasteiger partial charge is 0.507 e. The van der Waals surface area contributed by atoms with Gasteiger partial charge in [0.1, 0.15) is 34.0 Å². The Hall–Kier alpha value is -4.40. The van der Waals surface area contributed by atoms with Gasteiger partial charge in [0.05, 0.1) is 11.1 Å². The molecule has 0 bridgehead atoms. The number of rotatable bonds is 6. The van der Waals surface area contributed by atoms with E-state index in [0.29, 0.717) is 0 Å². The van der Waals surface area contributed by atoms with Crippen LogP contribution in [0.4, 0.5) is 5.69 Å². The van der Waals surface area contributed by atoms with E-state index in [1.54, 1.807) is 14.0 Å². The number of hydrogen-bond acceptors (Lipinski definition) is 8. The SMILES string of the molecule is CC(=O)c1c(O)c(C)c(O)c2c1OC1=CC(=O)/C(=C(/C)NCCC(=O)N(C)c3ccccc3)C(=O)[C@]12C. The van der Waals surface area contributed by atoms with Crippen LogP contribution in [0.1, 0.15) is 48.7 Å². The number of para-hydroxylation sites is 1. The van der Waals surface area contributed by atoms with Crippen LogP contribution in [0.25, 0.3) is 0 Å². The highest BCUT2D eigenvalue weighted by molar-refractivity contribution is 6.31. The number of ketones is 3. The van der Waals surface area contributed by atoms with Crippen molar-refractivity contribution >= 4 is 28.9 Å². The fourth-order valence-corrected chi connectivity index (χ4v) is 4.77. The predicted octanol–water partition coefficient (Wildman–Crippen LogP) is 3.21. The third kappa shape index (κ3) is 3.96. The maximum atomic E-state index is 13.8. The first-order valence-electron chi connectivity index (χ1n) is 11.8. The third-order valence-corrected chi connectivity index (χ3v) is 7.01. The second-order valence-corrected chi connectivity index (χ2v) is 9.35. The quantitative estimate of drug-likeness (QED) is 0.310. The van der Waals surface area contributed by atoms with E-state index >= 15 is 0 Å². The highest BCUT2D eigenvalue weighted by Crippen LogP contribution is 2.57. The minimum absolute atomic E-state index is 0.0288. The minimum Gasteiger partial charge on any atom is -0.507 e. The second-order valence-electron chi connectivity index (χ2n) is 9.35. The van der Waals surface area contributed by atoms with Gasteiger partial charge < -0.3 is 25.2 Å². The van der Waals surface area contributed by atoms with Crippen molar-refractivity contribution in [3.05, 3.63) is 70.1 Å². The lowest BCUT2D eigenvalue weighted by Gasteiger charge is -2.29. The number of carbonyl (C=O) groups is 4. The van der Waals surface area contributed by atoms with Crippen molar-refractivity contribution in [1.82, 2.24) is 5.32 Å². The first-order valence-corrected chi connectivity index (χ1v) is 11.8. The molecule has 1 aliphatic heterocycles. The Morgan fingerprint density at radius 1 is 1.08 bits per heavy atom. The lowest BCUT2D eigenvalue weighted by Crippen LogP contribution is -2.41. The number of anilines is 1. The molecule has 0 saturated carbocycles. The van der Waals surface area contributed by atoms with E-state index in [4.69, 9.17) is 4.74 Å². The fourth-order valence-electron chi connectivity index (χ4n) is 4.77. The van der Waals surface area contributed by atoms with Crippen molar-refractivity contribution in [2.75, 3.05) is 18.5 Å². The second kappa shape index (κ2) is 9.24. The highest BCUT2D eigenvalue weighted by Gasteiger charge is 2.56.